The van der Waals surface area contributed by atoms with E-state index in [0.29, 0.717) is 5.95 Å². The number of methoxy groups -OCH3 is 1. The van der Waals surface area contributed by atoms with E-state index in [4.69, 9.17) is 4.74 Å². The summed E-state index contributed by atoms with van der Waals surface area (Å²) >= 11 is 0. The van der Waals surface area contributed by atoms with E-state index in [-0.39, 0.29) is 0 Å². The second kappa shape index (κ2) is 8.62. The van der Waals surface area contributed by atoms with Crippen LogP contribution < -0.4 is 15.0 Å². The molecule has 1 saturated heterocycles. The van der Waals surface area contributed by atoms with Crippen molar-refractivity contribution in [2.24, 2.45) is 0 Å². The number of nitrogens with one attached hydrogen (secondary N) is 1. The first-order valence-corrected chi connectivity index (χ1v) is 8.83. The standard InChI is InChI=1S/C18H26N6O/c1-3-23-10-12-24(13-11-23)18-21-17(14-20-22-18)19-9-8-15-6-4-5-7-16(15)25-2/h4-7,14H,3,8-13H2,1-2H3,(H,19,21,22). The van der Waals surface area contributed by atoms with Gasteiger partial charge in [-0.1, -0.05) is 25.1 Å². The number of para-hydroxylation sites is 1. The van der Waals surface area contributed by atoms with Gasteiger partial charge in [0.2, 0.25) is 5.95 Å². The summed E-state index contributed by atoms with van der Waals surface area (Å²) in [6.07, 6.45) is 2.53. The third-order valence-electron chi connectivity index (χ3n) is 4.54. The van der Waals surface area contributed by atoms with Crippen LogP contribution in [0.1, 0.15) is 12.5 Å². The van der Waals surface area contributed by atoms with Crippen LogP contribution in [0.25, 0.3) is 0 Å². The lowest BCUT2D eigenvalue weighted by Crippen LogP contribution is -2.46. The molecule has 1 aromatic heterocycles. The molecule has 134 valence electrons. The van der Waals surface area contributed by atoms with Crippen LogP contribution in [0, 0.1) is 0 Å². The molecule has 25 heavy (non-hydrogen) atoms. The van der Waals surface area contributed by atoms with Crippen molar-refractivity contribution in [3.05, 3.63) is 36.0 Å². The zero-order valence-electron chi connectivity index (χ0n) is 15.0. The molecule has 7 nitrogen and oxygen atoms in total. The van der Waals surface area contributed by atoms with Gasteiger partial charge in [-0.25, -0.2) is 0 Å². The average molecular weight is 342 g/mol. The van der Waals surface area contributed by atoms with Crippen LogP contribution in [0.3, 0.4) is 0 Å². The summed E-state index contributed by atoms with van der Waals surface area (Å²) < 4.78 is 5.39. The number of piperazine rings is 1. The van der Waals surface area contributed by atoms with Gasteiger partial charge in [-0.2, -0.15) is 10.1 Å². The largest absolute Gasteiger partial charge is 0.496 e. The van der Waals surface area contributed by atoms with E-state index in [1.54, 1.807) is 13.3 Å². The Morgan fingerprint density at radius 1 is 1.16 bits per heavy atom. The van der Waals surface area contributed by atoms with Crippen molar-refractivity contribution >= 4 is 11.8 Å². The van der Waals surface area contributed by atoms with Crippen LogP contribution in [0.4, 0.5) is 11.8 Å². The Hall–Kier alpha value is -2.41. The Bertz CT molecular complexity index is 672. The Morgan fingerprint density at radius 2 is 1.96 bits per heavy atom. The Labute approximate surface area is 149 Å². The Morgan fingerprint density at radius 3 is 2.72 bits per heavy atom. The van der Waals surface area contributed by atoms with Gasteiger partial charge in [-0.15, -0.1) is 5.10 Å². The first-order valence-electron chi connectivity index (χ1n) is 8.83. The van der Waals surface area contributed by atoms with Gasteiger partial charge in [0.05, 0.1) is 13.3 Å². The first-order chi connectivity index (χ1) is 12.3. The molecule has 3 rings (SSSR count). The molecule has 2 heterocycles. The zero-order valence-corrected chi connectivity index (χ0v) is 15.0. The quantitative estimate of drug-likeness (QED) is 0.821. The van der Waals surface area contributed by atoms with Crippen LogP contribution in [-0.4, -0.2) is 66.5 Å². The fraction of sp³-hybridized carbons (Fsp3) is 0.500. The highest BCUT2D eigenvalue weighted by molar-refractivity contribution is 5.40. The summed E-state index contributed by atoms with van der Waals surface area (Å²) in [6.45, 7) is 8.04. The zero-order chi connectivity index (χ0) is 17.5. The van der Waals surface area contributed by atoms with E-state index < -0.39 is 0 Å². The van der Waals surface area contributed by atoms with Crippen molar-refractivity contribution in [1.82, 2.24) is 20.1 Å². The molecule has 1 aromatic carbocycles. The van der Waals surface area contributed by atoms with E-state index in [1.807, 2.05) is 18.2 Å². The molecule has 1 aliphatic heterocycles. The van der Waals surface area contributed by atoms with Crippen LogP contribution in [0.15, 0.2) is 30.5 Å². The van der Waals surface area contributed by atoms with Crippen molar-refractivity contribution in [2.75, 3.05) is 56.6 Å². The van der Waals surface area contributed by atoms with Crippen molar-refractivity contribution < 1.29 is 4.74 Å². The molecule has 7 heteroatoms. The predicted octanol–water partition coefficient (Wildman–Crippen LogP) is 1.68. The lowest BCUT2D eigenvalue weighted by atomic mass is 10.1. The summed E-state index contributed by atoms with van der Waals surface area (Å²) in [5, 5.41) is 11.6. The molecule has 2 aromatic rings. The summed E-state index contributed by atoms with van der Waals surface area (Å²) in [5.41, 5.74) is 1.18. The molecule has 0 unspecified atom stereocenters. The van der Waals surface area contributed by atoms with Gasteiger partial charge in [0.25, 0.3) is 0 Å². The molecular weight excluding hydrogens is 316 g/mol. The summed E-state index contributed by atoms with van der Waals surface area (Å²) in [5.74, 6) is 2.38. The van der Waals surface area contributed by atoms with Crippen molar-refractivity contribution in [1.29, 1.82) is 0 Å². The molecule has 0 amide bonds. The van der Waals surface area contributed by atoms with Gasteiger partial charge < -0.3 is 19.9 Å². The van der Waals surface area contributed by atoms with Crippen molar-refractivity contribution in [2.45, 2.75) is 13.3 Å². The second-order valence-electron chi connectivity index (χ2n) is 6.05. The molecular formula is C18H26N6O. The number of hydrogen-bond acceptors (Lipinski definition) is 7. The normalized spacial score (nSPS) is 15.2. The molecule has 0 saturated carbocycles. The number of rotatable bonds is 7. The minimum atomic E-state index is 0.707. The van der Waals surface area contributed by atoms with E-state index in [9.17, 15) is 0 Å². The first kappa shape index (κ1) is 17.4. The fourth-order valence-corrected chi connectivity index (χ4v) is 3.01. The maximum absolute atomic E-state index is 5.39. The van der Waals surface area contributed by atoms with Crippen LogP contribution in [0.2, 0.25) is 0 Å². The average Bonchev–Trinajstić information content (AvgIpc) is 2.69. The number of hydrogen-bond donors (Lipinski definition) is 1. The molecule has 0 aliphatic carbocycles. The van der Waals surface area contributed by atoms with E-state index in [2.05, 4.69) is 43.3 Å². The minimum Gasteiger partial charge on any atom is -0.496 e. The topological polar surface area (TPSA) is 66.4 Å². The van der Waals surface area contributed by atoms with Gasteiger partial charge in [-0.3, -0.25) is 0 Å². The number of nitrogens with zero attached hydrogens (tertiary/aromatic N) is 5. The van der Waals surface area contributed by atoms with E-state index in [1.165, 1.54) is 5.56 Å². The molecule has 0 radical (unpaired) electrons. The Kier molecular flexibility index (Phi) is 6.00. The van der Waals surface area contributed by atoms with Crippen LogP contribution >= 0.6 is 0 Å². The molecule has 1 aliphatic rings. The van der Waals surface area contributed by atoms with E-state index >= 15 is 0 Å². The number of likely N-dealkylation sites (N-methyl/N-ethyl adjacent to an activating group) is 1. The highest BCUT2D eigenvalue weighted by Crippen LogP contribution is 2.18. The predicted molar refractivity (Wildman–Crippen MR) is 99.3 cm³/mol. The highest BCUT2D eigenvalue weighted by Gasteiger charge is 2.18. The van der Waals surface area contributed by atoms with Gasteiger partial charge in [0, 0.05) is 32.7 Å². The number of aromatic nitrogens is 3. The lowest BCUT2D eigenvalue weighted by molar-refractivity contribution is 0.269. The van der Waals surface area contributed by atoms with Gasteiger partial charge in [-0.05, 0) is 24.6 Å². The third-order valence-corrected chi connectivity index (χ3v) is 4.54. The number of benzene rings is 1. The second-order valence-corrected chi connectivity index (χ2v) is 6.05. The molecule has 0 bridgehead atoms. The summed E-state index contributed by atoms with van der Waals surface area (Å²) in [6, 6.07) is 8.07. The maximum atomic E-state index is 5.39. The highest BCUT2D eigenvalue weighted by atomic mass is 16.5. The van der Waals surface area contributed by atoms with Gasteiger partial charge in [0.15, 0.2) is 5.82 Å². The fourth-order valence-electron chi connectivity index (χ4n) is 3.01. The molecule has 1 N–H and O–H groups in total. The van der Waals surface area contributed by atoms with Gasteiger partial charge in [0.1, 0.15) is 5.75 Å². The van der Waals surface area contributed by atoms with Gasteiger partial charge >= 0.3 is 0 Å². The number of anilines is 2. The minimum absolute atomic E-state index is 0.707. The Balaban J connectivity index is 1.55. The third kappa shape index (κ3) is 4.57. The van der Waals surface area contributed by atoms with Crippen LogP contribution in [0.5, 0.6) is 5.75 Å². The summed E-state index contributed by atoms with van der Waals surface area (Å²) in [7, 11) is 1.70. The van der Waals surface area contributed by atoms with Crippen molar-refractivity contribution in [3.63, 3.8) is 0 Å². The summed E-state index contributed by atoms with van der Waals surface area (Å²) in [4.78, 5) is 9.24. The van der Waals surface area contributed by atoms with Crippen LogP contribution in [-0.2, 0) is 6.42 Å². The smallest absolute Gasteiger partial charge is 0.247 e. The monoisotopic (exact) mass is 342 g/mol. The maximum Gasteiger partial charge on any atom is 0.247 e. The lowest BCUT2D eigenvalue weighted by Gasteiger charge is -2.33. The molecule has 1 fully saturated rings. The SMILES string of the molecule is CCN1CCN(c2nncc(NCCc3ccccc3OC)n2)CC1. The van der Waals surface area contributed by atoms with Crippen molar-refractivity contribution in [3.8, 4) is 5.75 Å². The molecule has 0 atom stereocenters. The molecule has 0 spiro atoms. The van der Waals surface area contributed by atoms with E-state index in [0.717, 1.165) is 57.3 Å². The number of ether oxygens (including phenoxy) is 1.